The fourth-order valence-corrected chi connectivity index (χ4v) is 1.87. The first kappa shape index (κ1) is 11.8. The molecule has 0 bridgehead atoms. The maximum atomic E-state index is 7.45. The van der Waals surface area contributed by atoms with Crippen molar-refractivity contribution < 1.29 is 4.74 Å². The highest BCUT2D eigenvalue weighted by Crippen LogP contribution is 2.19. The van der Waals surface area contributed by atoms with Crippen LogP contribution < -0.4 is 10.5 Å². The summed E-state index contributed by atoms with van der Waals surface area (Å²) in [6.45, 7) is 2.03. The van der Waals surface area contributed by atoms with E-state index in [2.05, 4.69) is 22.1 Å². The quantitative estimate of drug-likeness (QED) is 0.578. The van der Waals surface area contributed by atoms with Crippen molar-refractivity contribution in [3.8, 4) is 5.88 Å². The van der Waals surface area contributed by atoms with Crippen molar-refractivity contribution in [2.45, 2.75) is 18.9 Å². The summed E-state index contributed by atoms with van der Waals surface area (Å²) in [6.07, 6.45) is 3.58. The monoisotopic (exact) mass is 235 g/mol. The van der Waals surface area contributed by atoms with Crippen molar-refractivity contribution in [3.63, 3.8) is 0 Å². The Morgan fingerprint density at radius 2 is 2.24 bits per heavy atom. The Hall–Kier alpha value is -1.69. The van der Waals surface area contributed by atoms with Gasteiger partial charge in [0, 0.05) is 13.1 Å². The molecule has 0 radical (unpaired) electrons. The lowest BCUT2D eigenvalue weighted by Crippen LogP contribution is -2.36. The molecule has 1 fully saturated rings. The molecular weight excluding hydrogens is 218 g/mol. The van der Waals surface area contributed by atoms with Crippen LogP contribution in [-0.2, 0) is 0 Å². The fraction of sp³-hybridized carbons (Fsp3) is 0.545. The molecule has 0 saturated carbocycles. The van der Waals surface area contributed by atoms with E-state index in [0.717, 1.165) is 25.9 Å². The largest absolute Gasteiger partial charge is 0.473 e. The molecule has 92 valence electrons. The first-order chi connectivity index (χ1) is 8.16. The second-order valence-electron chi connectivity index (χ2n) is 4.28. The van der Waals surface area contributed by atoms with Crippen LogP contribution in [0.4, 0.5) is 0 Å². The molecule has 1 aromatic rings. The van der Waals surface area contributed by atoms with Gasteiger partial charge in [0.2, 0.25) is 5.88 Å². The molecule has 0 spiro atoms. The van der Waals surface area contributed by atoms with Crippen LogP contribution in [0.15, 0.2) is 12.3 Å². The lowest BCUT2D eigenvalue weighted by molar-refractivity contribution is 0.109. The number of likely N-dealkylation sites (tertiary alicyclic amines) is 1. The Bertz CT molecular complexity index is 401. The number of ether oxygens (including phenoxy) is 1. The highest BCUT2D eigenvalue weighted by Gasteiger charge is 2.20. The number of aromatic nitrogens is 2. The fourth-order valence-electron chi connectivity index (χ4n) is 1.87. The van der Waals surface area contributed by atoms with Gasteiger partial charge in [-0.05, 0) is 26.0 Å². The zero-order valence-electron chi connectivity index (χ0n) is 9.89. The standard InChI is InChI=1S/C11H17N5O/c1-16-6-3-8(4-7-16)17-11-9(10(12)13)2-5-14-15-11/h2,5,8H,3-4,6-7H2,1H3,(H3,12,13). The van der Waals surface area contributed by atoms with Gasteiger partial charge in [-0.2, -0.15) is 5.10 Å². The molecule has 0 aromatic carbocycles. The van der Waals surface area contributed by atoms with Crippen LogP contribution in [0.1, 0.15) is 18.4 Å². The Morgan fingerprint density at radius 1 is 1.53 bits per heavy atom. The Balaban J connectivity index is 2.05. The summed E-state index contributed by atoms with van der Waals surface area (Å²) in [5.41, 5.74) is 5.98. The highest BCUT2D eigenvalue weighted by atomic mass is 16.5. The van der Waals surface area contributed by atoms with E-state index in [0.29, 0.717) is 11.4 Å². The summed E-state index contributed by atoms with van der Waals surface area (Å²) in [6, 6.07) is 1.65. The Labute approximate surface area is 100 Å². The minimum absolute atomic E-state index is 0.0390. The first-order valence-electron chi connectivity index (χ1n) is 5.68. The molecule has 1 aliphatic rings. The van der Waals surface area contributed by atoms with Crippen LogP contribution in [0.3, 0.4) is 0 Å². The van der Waals surface area contributed by atoms with Crippen molar-refractivity contribution in [1.82, 2.24) is 15.1 Å². The topological polar surface area (TPSA) is 88.1 Å². The van der Waals surface area contributed by atoms with Gasteiger partial charge >= 0.3 is 0 Å². The predicted molar refractivity (Wildman–Crippen MR) is 64.2 cm³/mol. The van der Waals surface area contributed by atoms with Gasteiger partial charge in [0.1, 0.15) is 11.9 Å². The van der Waals surface area contributed by atoms with Crippen LogP contribution in [-0.4, -0.2) is 47.2 Å². The van der Waals surface area contributed by atoms with Crippen LogP contribution in [0.2, 0.25) is 0 Å². The molecule has 0 aliphatic carbocycles. The van der Waals surface area contributed by atoms with Gasteiger partial charge in [-0.25, -0.2) is 0 Å². The summed E-state index contributed by atoms with van der Waals surface area (Å²) in [4.78, 5) is 2.27. The summed E-state index contributed by atoms with van der Waals surface area (Å²) in [5.74, 6) is 0.331. The van der Waals surface area contributed by atoms with Crippen molar-refractivity contribution in [3.05, 3.63) is 17.8 Å². The molecule has 1 aliphatic heterocycles. The van der Waals surface area contributed by atoms with Gasteiger partial charge in [0.25, 0.3) is 0 Å². The molecule has 6 nitrogen and oxygen atoms in total. The second kappa shape index (κ2) is 5.09. The normalized spacial score (nSPS) is 17.9. The number of hydrogen-bond donors (Lipinski definition) is 2. The third kappa shape index (κ3) is 2.91. The molecule has 6 heteroatoms. The third-order valence-electron chi connectivity index (χ3n) is 2.92. The van der Waals surface area contributed by atoms with Crippen LogP contribution in [0.5, 0.6) is 5.88 Å². The first-order valence-corrected chi connectivity index (χ1v) is 5.68. The molecule has 0 unspecified atom stereocenters. The number of hydrogen-bond acceptors (Lipinski definition) is 5. The maximum Gasteiger partial charge on any atom is 0.244 e. The average Bonchev–Trinajstić information content (AvgIpc) is 2.32. The summed E-state index contributed by atoms with van der Waals surface area (Å²) < 4.78 is 5.77. The van der Waals surface area contributed by atoms with E-state index >= 15 is 0 Å². The number of nitrogens with zero attached hydrogens (tertiary/aromatic N) is 3. The third-order valence-corrected chi connectivity index (χ3v) is 2.92. The highest BCUT2D eigenvalue weighted by molar-refractivity contribution is 5.96. The summed E-state index contributed by atoms with van der Waals surface area (Å²) in [5, 5.41) is 15.1. The average molecular weight is 235 g/mol. The van der Waals surface area contributed by atoms with Crippen molar-refractivity contribution >= 4 is 5.84 Å². The van der Waals surface area contributed by atoms with E-state index < -0.39 is 0 Å². The van der Waals surface area contributed by atoms with E-state index in [1.807, 2.05) is 0 Å². The van der Waals surface area contributed by atoms with Gasteiger partial charge in [-0.15, -0.1) is 5.10 Å². The second-order valence-corrected chi connectivity index (χ2v) is 4.28. The number of nitrogens with two attached hydrogens (primary N) is 1. The molecule has 1 aromatic heterocycles. The lowest BCUT2D eigenvalue weighted by Gasteiger charge is -2.29. The molecule has 2 heterocycles. The summed E-state index contributed by atoms with van der Waals surface area (Å²) >= 11 is 0. The SMILES string of the molecule is CN1CCC(Oc2nnccc2C(=N)N)CC1. The predicted octanol–water partition coefficient (Wildman–Crippen LogP) is 0.234. The van der Waals surface area contributed by atoms with Crippen LogP contribution in [0, 0.1) is 5.41 Å². The minimum Gasteiger partial charge on any atom is -0.473 e. The number of piperidine rings is 1. The van der Waals surface area contributed by atoms with E-state index in [9.17, 15) is 0 Å². The van der Waals surface area contributed by atoms with Gasteiger partial charge in [0.05, 0.1) is 11.8 Å². The minimum atomic E-state index is -0.0390. The lowest BCUT2D eigenvalue weighted by atomic mass is 10.1. The smallest absolute Gasteiger partial charge is 0.244 e. The molecule has 1 saturated heterocycles. The van der Waals surface area contributed by atoms with Gasteiger partial charge in [-0.1, -0.05) is 0 Å². The molecule has 3 N–H and O–H groups in total. The van der Waals surface area contributed by atoms with Gasteiger partial charge in [0.15, 0.2) is 0 Å². The van der Waals surface area contributed by atoms with Crippen molar-refractivity contribution in [2.24, 2.45) is 5.73 Å². The summed E-state index contributed by atoms with van der Waals surface area (Å²) in [7, 11) is 2.10. The van der Waals surface area contributed by atoms with Crippen molar-refractivity contribution in [2.75, 3.05) is 20.1 Å². The number of rotatable bonds is 3. The molecule has 2 rings (SSSR count). The zero-order chi connectivity index (χ0) is 12.3. The number of nitrogens with one attached hydrogen (secondary N) is 1. The molecule has 17 heavy (non-hydrogen) atoms. The molecule has 0 atom stereocenters. The zero-order valence-corrected chi connectivity index (χ0v) is 9.89. The number of nitrogen functional groups attached to an aromatic ring is 1. The van der Waals surface area contributed by atoms with Crippen LogP contribution in [0.25, 0.3) is 0 Å². The maximum absolute atomic E-state index is 7.45. The number of amidine groups is 1. The van der Waals surface area contributed by atoms with Gasteiger partial charge < -0.3 is 15.4 Å². The van der Waals surface area contributed by atoms with E-state index in [4.69, 9.17) is 15.9 Å². The van der Waals surface area contributed by atoms with E-state index in [1.54, 1.807) is 6.07 Å². The van der Waals surface area contributed by atoms with E-state index in [-0.39, 0.29) is 11.9 Å². The Kier molecular flexibility index (Phi) is 3.53. The van der Waals surface area contributed by atoms with Gasteiger partial charge in [-0.3, -0.25) is 5.41 Å². The molecular formula is C11H17N5O. The van der Waals surface area contributed by atoms with E-state index in [1.165, 1.54) is 6.20 Å². The van der Waals surface area contributed by atoms with Crippen LogP contribution >= 0.6 is 0 Å². The Morgan fingerprint density at radius 3 is 2.88 bits per heavy atom. The molecule has 0 amide bonds. The van der Waals surface area contributed by atoms with Crippen molar-refractivity contribution in [1.29, 1.82) is 5.41 Å².